The van der Waals surface area contributed by atoms with Crippen molar-refractivity contribution in [2.24, 2.45) is 0 Å². The van der Waals surface area contributed by atoms with Gasteiger partial charge >= 0.3 is 5.97 Å². The highest BCUT2D eigenvalue weighted by atomic mass is 16.5. The number of ether oxygens (including phenoxy) is 2. The van der Waals surface area contributed by atoms with E-state index in [4.69, 9.17) is 14.6 Å². The fourth-order valence-electron chi connectivity index (χ4n) is 3.12. The second-order valence-electron chi connectivity index (χ2n) is 6.81. The van der Waals surface area contributed by atoms with E-state index in [0.717, 1.165) is 5.56 Å². The van der Waals surface area contributed by atoms with Crippen LogP contribution in [0.3, 0.4) is 0 Å². The zero-order chi connectivity index (χ0) is 18.6. The maximum atomic E-state index is 12.6. The summed E-state index contributed by atoms with van der Waals surface area (Å²) in [7, 11) is 0. The van der Waals surface area contributed by atoms with Gasteiger partial charge in [0.05, 0.1) is 19.1 Å². The van der Waals surface area contributed by atoms with Crippen molar-refractivity contribution < 1.29 is 24.2 Å². The summed E-state index contributed by atoms with van der Waals surface area (Å²) in [6, 6.07) is 5.87. The summed E-state index contributed by atoms with van der Waals surface area (Å²) in [6.07, 6.45) is -1.20. The van der Waals surface area contributed by atoms with Crippen molar-refractivity contribution in [2.75, 3.05) is 19.7 Å². The number of carbonyl (C=O) groups is 2. The van der Waals surface area contributed by atoms with Gasteiger partial charge in [-0.3, -0.25) is 9.59 Å². The average molecular weight is 349 g/mol. The molecule has 1 amide bonds. The van der Waals surface area contributed by atoms with Crippen molar-refractivity contribution >= 4 is 11.9 Å². The minimum absolute atomic E-state index is 0.102. The van der Waals surface area contributed by atoms with Gasteiger partial charge in [0.25, 0.3) is 5.91 Å². The van der Waals surface area contributed by atoms with Crippen LogP contribution in [0.1, 0.15) is 44.2 Å². The monoisotopic (exact) mass is 349 g/mol. The average Bonchev–Trinajstić information content (AvgIpc) is 2.53. The Kier molecular flexibility index (Phi) is 6.42. The molecule has 2 rings (SSSR count). The van der Waals surface area contributed by atoms with Gasteiger partial charge < -0.3 is 19.5 Å². The number of amides is 1. The number of carboxylic acids is 1. The van der Waals surface area contributed by atoms with Gasteiger partial charge in [-0.05, 0) is 43.0 Å². The molecular weight excluding hydrogens is 322 g/mol. The lowest BCUT2D eigenvalue weighted by molar-refractivity contribution is -0.151. The van der Waals surface area contributed by atoms with E-state index in [2.05, 4.69) is 13.8 Å². The van der Waals surface area contributed by atoms with E-state index >= 15 is 0 Å². The van der Waals surface area contributed by atoms with Gasteiger partial charge in [-0.25, -0.2) is 0 Å². The molecule has 2 atom stereocenters. The molecule has 0 aliphatic carbocycles. The van der Waals surface area contributed by atoms with Crippen molar-refractivity contribution in [2.45, 2.75) is 52.2 Å². The first-order valence-electron chi connectivity index (χ1n) is 8.67. The summed E-state index contributed by atoms with van der Waals surface area (Å²) < 4.78 is 11.2. The van der Waals surface area contributed by atoms with Gasteiger partial charge in [0, 0.05) is 13.1 Å². The predicted molar refractivity (Wildman–Crippen MR) is 93.9 cm³/mol. The number of benzene rings is 1. The highest BCUT2D eigenvalue weighted by molar-refractivity contribution is 5.81. The standard InChI is InChI=1S/C19H27NO5/c1-12(2)17-6-5-15(9-13(17)3)25-14(4)19(23)20-7-8-24-16(11-20)10-18(21)22/h5-6,9,12,14,16H,7-8,10-11H2,1-4H3,(H,21,22). The van der Waals surface area contributed by atoms with E-state index in [1.165, 1.54) is 5.56 Å². The smallest absolute Gasteiger partial charge is 0.306 e. The molecule has 0 saturated carbocycles. The molecule has 6 heteroatoms. The van der Waals surface area contributed by atoms with Crippen molar-refractivity contribution in [3.63, 3.8) is 0 Å². The molecule has 138 valence electrons. The Morgan fingerprint density at radius 2 is 2.08 bits per heavy atom. The van der Waals surface area contributed by atoms with Crippen LogP contribution >= 0.6 is 0 Å². The molecule has 1 aromatic rings. The second-order valence-corrected chi connectivity index (χ2v) is 6.81. The van der Waals surface area contributed by atoms with Gasteiger partial charge in [-0.15, -0.1) is 0 Å². The van der Waals surface area contributed by atoms with Gasteiger partial charge in [0.2, 0.25) is 0 Å². The van der Waals surface area contributed by atoms with E-state index in [0.29, 0.717) is 24.8 Å². The number of aryl methyl sites for hydroxylation is 1. The molecule has 1 aliphatic heterocycles. The topological polar surface area (TPSA) is 76.1 Å². The predicted octanol–water partition coefficient (Wildman–Crippen LogP) is 2.59. The first kappa shape index (κ1) is 19.2. The molecule has 0 bridgehead atoms. The van der Waals surface area contributed by atoms with Crippen LogP contribution in [-0.4, -0.2) is 53.8 Å². The van der Waals surface area contributed by atoms with E-state index in [1.807, 2.05) is 25.1 Å². The number of hydrogen-bond donors (Lipinski definition) is 1. The normalized spacial score (nSPS) is 18.9. The Balaban J connectivity index is 1.98. The molecule has 1 aliphatic rings. The Labute approximate surface area is 148 Å². The van der Waals surface area contributed by atoms with E-state index in [9.17, 15) is 9.59 Å². The van der Waals surface area contributed by atoms with Gasteiger partial charge in [0.15, 0.2) is 6.10 Å². The van der Waals surface area contributed by atoms with E-state index in [1.54, 1.807) is 11.8 Å². The van der Waals surface area contributed by atoms with Crippen molar-refractivity contribution in [1.29, 1.82) is 0 Å². The number of rotatable bonds is 6. The fraction of sp³-hybridized carbons (Fsp3) is 0.579. The Hall–Kier alpha value is -2.08. The summed E-state index contributed by atoms with van der Waals surface area (Å²) in [5, 5.41) is 8.87. The first-order chi connectivity index (χ1) is 11.8. The Bertz CT molecular complexity index is 628. The summed E-state index contributed by atoms with van der Waals surface area (Å²) in [5.41, 5.74) is 2.40. The Morgan fingerprint density at radius 3 is 2.68 bits per heavy atom. The molecule has 6 nitrogen and oxygen atoms in total. The maximum Gasteiger partial charge on any atom is 0.306 e. The highest BCUT2D eigenvalue weighted by Gasteiger charge is 2.29. The number of hydrogen-bond acceptors (Lipinski definition) is 4. The number of carboxylic acid groups (broad SMARTS) is 1. The summed E-state index contributed by atoms with van der Waals surface area (Å²) >= 11 is 0. The molecule has 25 heavy (non-hydrogen) atoms. The number of nitrogens with zero attached hydrogens (tertiary/aromatic N) is 1. The molecule has 2 unspecified atom stereocenters. The van der Waals surface area contributed by atoms with Crippen molar-refractivity contribution in [1.82, 2.24) is 4.90 Å². The van der Waals surface area contributed by atoms with Crippen LogP contribution < -0.4 is 4.74 Å². The lowest BCUT2D eigenvalue weighted by Crippen LogP contribution is -2.50. The lowest BCUT2D eigenvalue weighted by Gasteiger charge is -2.33. The zero-order valence-electron chi connectivity index (χ0n) is 15.3. The molecular formula is C19H27NO5. The molecule has 0 radical (unpaired) electrons. The van der Waals surface area contributed by atoms with Gasteiger partial charge in [-0.1, -0.05) is 19.9 Å². The first-order valence-corrected chi connectivity index (χ1v) is 8.67. The third-order valence-corrected chi connectivity index (χ3v) is 4.38. The lowest BCUT2D eigenvalue weighted by atomic mass is 9.98. The van der Waals surface area contributed by atoms with Crippen LogP contribution in [0.15, 0.2) is 18.2 Å². The summed E-state index contributed by atoms with van der Waals surface area (Å²) in [5.74, 6) is 0.0271. The number of carbonyl (C=O) groups excluding carboxylic acids is 1. The largest absolute Gasteiger partial charge is 0.481 e. The van der Waals surface area contributed by atoms with Crippen LogP contribution in [-0.2, 0) is 14.3 Å². The molecule has 0 aromatic heterocycles. The molecule has 1 aromatic carbocycles. The minimum Gasteiger partial charge on any atom is -0.481 e. The maximum absolute atomic E-state index is 12.6. The van der Waals surface area contributed by atoms with Crippen LogP contribution in [0, 0.1) is 6.92 Å². The van der Waals surface area contributed by atoms with Gasteiger partial charge in [0.1, 0.15) is 5.75 Å². The van der Waals surface area contributed by atoms with Crippen LogP contribution in [0.25, 0.3) is 0 Å². The molecule has 1 saturated heterocycles. The fourth-order valence-corrected chi connectivity index (χ4v) is 3.12. The third-order valence-electron chi connectivity index (χ3n) is 4.38. The summed E-state index contributed by atoms with van der Waals surface area (Å²) in [4.78, 5) is 25.0. The van der Waals surface area contributed by atoms with Crippen LogP contribution in [0.2, 0.25) is 0 Å². The van der Waals surface area contributed by atoms with Crippen molar-refractivity contribution in [3.8, 4) is 5.75 Å². The second kappa shape index (κ2) is 8.34. The summed E-state index contributed by atoms with van der Waals surface area (Å²) in [6.45, 7) is 9.11. The highest BCUT2D eigenvalue weighted by Crippen LogP contribution is 2.24. The molecule has 1 N–H and O–H groups in total. The number of aliphatic carboxylic acids is 1. The minimum atomic E-state index is -0.927. The van der Waals surface area contributed by atoms with Crippen molar-refractivity contribution in [3.05, 3.63) is 29.3 Å². The third kappa shape index (κ3) is 5.19. The molecule has 1 fully saturated rings. The molecule has 0 spiro atoms. The zero-order valence-corrected chi connectivity index (χ0v) is 15.3. The van der Waals surface area contributed by atoms with E-state index in [-0.39, 0.29) is 18.9 Å². The quantitative estimate of drug-likeness (QED) is 0.854. The van der Waals surface area contributed by atoms with Crippen LogP contribution in [0.4, 0.5) is 0 Å². The van der Waals surface area contributed by atoms with Crippen LogP contribution in [0.5, 0.6) is 5.75 Å². The Morgan fingerprint density at radius 1 is 1.36 bits per heavy atom. The number of morpholine rings is 1. The SMILES string of the molecule is Cc1cc(OC(C)C(=O)N2CCOC(CC(=O)O)C2)ccc1C(C)C. The van der Waals surface area contributed by atoms with E-state index < -0.39 is 18.2 Å². The molecule has 1 heterocycles. The van der Waals surface area contributed by atoms with Gasteiger partial charge in [-0.2, -0.15) is 0 Å².